The Morgan fingerprint density at radius 3 is 2.21 bits per heavy atom. The van der Waals surface area contributed by atoms with E-state index in [1.165, 1.54) is 0 Å². The summed E-state index contributed by atoms with van der Waals surface area (Å²) in [4.78, 5) is 24.8. The van der Waals surface area contributed by atoms with E-state index in [4.69, 9.17) is 4.74 Å². The minimum absolute atomic E-state index is 0.199. The zero-order chi connectivity index (χ0) is 20.8. The standard InChI is InChI=1S/C24H24N2O3/c1-16-9-14-22(17(2)15-16)26-24(28)19-10-12-20(13-11-19)25-23(27)18(3)29-21-7-5-4-6-8-21/h4-15,18H,1-3H3,(H,25,27)(H,26,28)/t18-/m1/s1. The van der Waals surface area contributed by atoms with Crippen LogP contribution >= 0.6 is 0 Å². The van der Waals surface area contributed by atoms with Gasteiger partial charge in [-0.25, -0.2) is 0 Å². The molecule has 0 saturated heterocycles. The summed E-state index contributed by atoms with van der Waals surface area (Å²) >= 11 is 0. The molecular weight excluding hydrogens is 364 g/mol. The third-order valence-corrected chi connectivity index (χ3v) is 4.47. The highest BCUT2D eigenvalue weighted by Crippen LogP contribution is 2.18. The number of carbonyl (C=O) groups is 2. The molecule has 0 fully saturated rings. The van der Waals surface area contributed by atoms with Crippen molar-refractivity contribution in [3.8, 4) is 5.75 Å². The minimum Gasteiger partial charge on any atom is -0.481 e. The number of benzene rings is 3. The molecule has 3 aromatic carbocycles. The maximum Gasteiger partial charge on any atom is 0.265 e. The molecule has 0 aliphatic rings. The van der Waals surface area contributed by atoms with Gasteiger partial charge < -0.3 is 15.4 Å². The first kappa shape index (κ1) is 20.1. The summed E-state index contributed by atoms with van der Waals surface area (Å²) in [5, 5.41) is 5.71. The fourth-order valence-corrected chi connectivity index (χ4v) is 2.85. The van der Waals surface area contributed by atoms with Crippen molar-refractivity contribution in [2.75, 3.05) is 10.6 Å². The monoisotopic (exact) mass is 388 g/mol. The Bertz CT molecular complexity index is 998. The molecule has 3 aromatic rings. The van der Waals surface area contributed by atoms with Crippen molar-refractivity contribution in [2.24, 2.45) is 0 Å². The molecule has 148 valence electrons. The van der Waals surface area contributed by atoms with E-state index in [1.54, 1.807) is 43.3 Å². The highest BCUT2D eigenvalue weighted by Gasteiger charge is 2.15. The number of hydrogen-bond donors (Lipinski definition) is 2. The van der Waals surface area contributed by atoms with Gasteiger partial charge in [-0.15, -0.1) is 0 Å². The number of anilines is 2. The Morgan fingerprint density at radius 1 is 0.862 bits per heavy atom. The van der Waals surface area contributed by atoms with E-state index in [1.807, 2.05) is 50.2 Å². The average molecular weight is 388 g/mol. The first-order valence-corrected chi connectivity index (χ1v) is 9.43. The number of amides is 2. The lowest BCUT2D eigenvalue weighted by atomic mass is 10.1. The molecule has 0 spiro atoms. The van der Waals surface area contributed by atoms with Crippen molar-refractivity contribution in [3.05, 3.63) is 89.5 Å². The molecule has 0 saturated carbocycles. The highest BCUT2D eigenvalue weighted by atomic mass is 16.5. The van der Waals surface area contributed by atoms with Crippen LogP contribution in [-0.2, 0) is 4.79 Å². The van der Waals surface area contributed by atoms with Crippen LogP contribution in [0.3, 0.4) is 0 Å². The second kappa shape index (κ2) is 9.06. The number of nitrogens with one attached hydrogen (secondary N) is 2. The van der Waals surface area contributed by atoms with Crippen molar-refractivity contribution in [3.63, 3.8) is 0 Å². The molecule has 0 aliphatic heterocycles. The van der Waals surface area contributed by atoms with Crippen molar-refractivity contribution in [2.45, 2.75) is 26.9 Å². The van der Waals surface area contributed by atoms with Crippen LogP contribution in [0.15, 0.2) is 72.8 Å². The molecule has 2 N–H and O–H groups in total. The van der Waals surface area contributed by atoms with Crippen molar-refractivity contribution in [1.82, 2.24) is 0 Å². The maximum absolute atomic E-state index is 12.5. The van der Waals surface area contributed by atoms with Gasteiger partial charge in [0, 0.05) is 16.9 Å². The third kappa shape index (κ3) is 5.45. The molecule has 0 bridgehead atoms. The second-order valence-corrected chi connectivity index (χ2v) is 6.91. The van der Waals surface area contributed by atoms with Gasteiger partial charge in [0.05, 0.1) is 0 Å². The Balaban J connectivity index is 1.59. The van der Waals surface area contributed by atoms with Gasteiger partial charge in [-0.3, -0.25) is 9.59 Å². The van der Waals surface area contributed by atoms with E-state index in [0.717, 1.165) is 16.8 Å². The fourth-order valence-electron chi connectivity index (χ4n) is 2.85. The SMILES string of the molecule is Cc1ccc(NC(=O)c2ccc(NC(=O)[C@@H](C)Oc3ccccc3)cc2)c(C)c1. The molecule has 5 heteroatoms. The van der Waals surface area contributed by atoms with Crippen LogP contribution < -0.4 is 15.4 Å². The van der Waals surface area contributed by atoms with Gasteiger partial charge in [0.1, 0.15) is 5.75 Å². The summed E-state index contributed by atoms with van der Waals surface area (Å²) < 4.78 is 5.62. The lowest BCUT2D eigenvalue weighted by molar-refractivity contribution is -0.122. The lowest BCUT2D eigenvalue weighted by Gasteiger charge is -2.15. The molecule has 29 heavy (non-hydrogen) atoms. The Labute approximate surface area is 170 Å². The van der Waals surface area contributed by atoms with E-state index in [2.05, 4.69) is 10.6 Å². The maximum atomic E-state index is 12.5. The van der Waals surface area contributed by atoms with Gasteiger partial charge in [-0.05, 0) is 68.8 Å². The number of hydrogen-bond acceptors (Lipinski definition) is 3. The zero-order valence-corrected chi connectivity index (χ0v) is 16.7. The lowest BCUT2D eigenvalue weighted by Crippen LogP contribution is -2.30. The number of aryl methyl sites for hydroxylation is 2. The molecule has 0 aromatic heterocycles. The average Bonchev–Trinajstić information content (AvgIpc) is 2.71. The number of para-hydroxylation sites is 1. The topological polar surface area (TPSA) is 67.4 Å². The molecule has 0 aliphatic carbocycles. The quantitative estimate of drug-likeness (QED) is 0.627. The summed E-state index contributed by atoms with van der Waals surface area (Å²) in [6.07, 6.45) is -0.648. The largest absolute Gasteiger partial charge is 0.481 e. The smallest absolute Gasteiger partial charge is 0.265 e. The molecule has 0 heterocycles. The van der Waals surface area contributed by atoms with Crippen LogP contribution in [0.4, 0.5) is 11.4 Å². The summed E-state index contributed by atoms with van der Waals surface area (Å²) in [5.41, 5.74) is 4.05. The van der Waals surface area contributed by atoms with Crippen LogP contribution in [0.5, 0.6) is 5.75 Å². The number of carbonyl (C=O) groups excluding carboxylic acids is 2. The minimum atomic E-state index is -0.648. The van der Waals surface area contributed by atoms with Crippen molar-refractivity contribution >= 4 is 23.2 Å². The van der Waals surface area contributed by atoms with Crippen molar-refractivity contribution in [1.29, 1.82) is 0 Å². The summed E-state index contributed by atoms with van der Waals surface area (Å²) in [7, 11) is 0. The van der Waals surface area contributed by atoms with E-state index in [9.17, 15) is 9.59 Å². The predicted octanol–water partition coefficient (Wildman–Crippen LogP) is 4.96. The first-order valence-electron chi connectivity index (χ1n) is 9.43. The molecule has 0 radical (unpaired) electrons. The fraction of sp³-hybridized carbons (Fsp3) is 0.167. The van der Waals surface area contributed by atoms with Crippen LogP contribution in [0.1, 0.15) is 28.4 Å². The summed E-state index contributed by atoms with van der Waals surface area (Å²) in [5.74, 6) is 0.172. The number of ether oxygens (including phenoxy) is 1. The van der Waals surface area contributed by atoms with Crippen LogP contribution in [-0.4, -0.2) is 17.9 Å². The molecule has 2 amide bonds. The van der Waals surface area contributed by atoms with E-state index < -0.39 is 6.10 Å². The van der Waals surface area contributed by atoms with Gasteiger partial charge >= 0.3 is 0 Å². The highest BCUT2D eigenvalue weighted by molar-refractivity contribution is 6.05. The van der Waals surface area contributed by atoms with Gasteiger partial charge in [-0.1, -0.05) is 35.9 Å². The molecule has 1 atom stereocenters. The van der Waals surface area contributed by atoms with E-state index in [0.29, 0.717) is 17.0 Å². The predicted molar refractivity (Wildman–Crippen MR) is 115 cm³/mol. The van der Waals surface area contributed by atoms with Gasteiger partial charge in [0.2, 0.25) is 0 Å². The molecular formula is C24H24N2O3. The number of rotatable bonds is 6. The second-order valence-electron chi connectivity index (χ2n) is 6.91. The normalized spacial score (nSPS) is 11.4. The van der Waals surface area contributed by atoms with Crippen LogP contribution in [0.25, 0.3) is 0 Å². The zero-order valence-electron chi connectivity index (χ0n) is 16.7. The molecule has 0 unspecified atom stereocenters. The molecule has 3 rings (SSSR count). The van der Waals surface area contributed by atoms with Crippen molar-refractivity contribution < 1.29 is 14.3 Å². The van der Waals surface area contributed by atoms with Crippen LogP contribution in [0.2, 0.25) is 0 Å². The van der Waals surface area contributed by atoms with Gasteiger partial charge in [0.15, 0.2) is 6.10 Å². The van der Waals surface area contributed by atoms with Gasteiger partial charge in [0.25, 0.3) is 11.8 Å². The Morgan fingerprint density at radius 2 is 1.55 bits per heavy atom. The summed E-state index contributed by atoms with van der Waals surface area (Å²) in [6.45, 7) is 5.66. The molecule has 5 nitrogen and oxygen atoms in total. The first-order chi connectivity index (χ1) is 13.9. The Kier molecular flexibility index (Phi) is 6.29. The van der Waals surface area contributed by atoms with Gasteiger partial charge in [-0.2, -0.15) is 0 Å². The third-order valence-electron chi connectivity index (χ3n) is 4.47. The Hall–Kier alpha value is -3.60. The van der Waals surface area contributed by atoms with Crippen LogP contribution in [0, 0.1) is 13.8 Å². The van der Waals surface area contributed by atoms with E-state index in [-0.39, 0.29) is 11.8 Å². The van der Waals surface area contributed by atoms with E-state index >= 15 is 0 Å². The summed E-state index contributed by atoms with van der Waals surface area (Å²) in [6, 6.07) is 21.8.